The average Bonchev–Trinajstić information content (AvgIpc) is 1.53. The highest BCUT2D eigenvalue weighted by Crippen LogP contribution is 2.61. The van der Waals surface area contributed by atoms with Crippen molar-refractivity contribution in [3.8, 4) is 33.8 Å². The fourth-order valence-electron chi connectivity index (χ4n) is 20.6. The zero-order valence-corrected chi connectivity index (χ0v) is 67.2. The normalized spacial score (nSPS) is 15.2. The second-order valence-corrected chi connectivity index (χ2v) is 38.3. The Hall–Kier alpha value is -13.4. The van der Waals surface area contributed by atoms with Crippen LogP contribution >= 0.6 is 11.8 Å². The highest BCUT2D eigenvalue weighted by Gasteiger charge is 2.51. The number of para-hydroxylation sites is 8. The van der Waals surface area contributed by atoms with E-state index < -0.39 is 8.07 Å². The second kappa shape index (κ2) is 25.5. The summed E-state index contributed by atoms with van der Waals surface area (Å²) in [6.07, 6.45) is 0. The van der Waals surface area contributed by atoms with Crippen LogP contribution in [0.15, 0.2) is 386 Å². The Bertz CT molecular complexity index is 7060. The zero-order chi connectivity index (χ0) is 77.5. The van der Waals surface area contributed by atoms with Crippen LogP contribution in [0.4, 0.5) is 68.2 Å². The summed E-state index contributed by atoms with van der Waals surface area (Å²) in [6.45, 7) is 14.4. The van der Waals surface area contributed by atoms with Crippen LogP contribution in [-0.2, 0) is 16.2 Å². The van der Waals surface area contributed by atoms with Gasteiger partial charge in [-0.15, -0.1) is 0 Å². The summed E-state index contributed by atoms with van der Waals surface area (Å²) in [4.78, 5) is 12.3. The fraction of sp³-hybridized carbons (Fsp3) is 0.0826. The maximum atomic E-state index is 6.30. The Morgan fingerprint density at radius 3 is 1.19 bits per heavy atom. The standard InChI is InChI=1S/C59H42N2SSi.C50H38N2O/c1-59(2)49-22-10-11-23-51(49)60(54-38-58-48(37-50(54)59)47-21-9-16-28-57(47)63(58,45-17-5-3-6-18-45)46-19-7-4-8-20-46)43-31-29-39-34-42-36-44(32-30-40(42)33-41(39)35-43)61-52-24-12-14-26-55(52)62-56-27-15-13-25-53(56)61;1-49(2)38-15-7-8-16-42(38)51(45-30-40-37(29-41(45)49)48-36-14-6-5-13-31(36)23-26-39(48)50(40,3)4)34-24-21-33-28-35(25-22-32(33)27-34)52-43-17-9-11-19-46(43)53-47-20-12-10-18-44(47)52/h3-38H,1-2H3;5-30H,1-4H3. The number of ether oxygens (including phenoxy) is 1. The van der Waals surface area contributed by atoms with Crippen LogP contribution in [0.3, 0.4) is 0 Å². The molecular weight excluding hydrogens is 1440 g/mol. The molecule has 0 unspecified atom stereocenters. The third-order valence-electron chi connectivity index (χ3n) is 26.2. The predicted molar refractivity (Wildman–Crippen MR) is 490 cm³/mol. The number of rotatable bonds is 6. The minimum Gasteiger partial charge on any atom is -0.453 e. The van der Waals surface area contributed by atoms with Crippen LogP contribution in [0.2, 0.25) is 0 Å². The van der Waals surface area contributed by atoms with Crippen molar-refractivity contribution in [2.45, 2.75) is 67.6 Å². The van der Waals surface area contributed by atoms with Crippen LogP contribution in [0.5, 0.6) is 11.5 Å². The first-order chi connectivity index (χ1) is 56.8. The van der Waals surface area contributed by atoms with E-state index >= 15 is 0 Å². The van der Waals surface area contributed by atoms with Gasteiger partial charge in [0.1, 0.15) is 0 Å². The van der Waals surface area contributed by atoms with Gasteiger partial charge in [0.25, 0.3) is 0 Å². The molecule has 6 aliphatic rings. The molecule has 1 aliphatic carbocycles. The third-order valence-corrected chi connectivity index (χ3v) is 32.2. The van der Waals surface area contributed by atoms with E-state index in [2.05, 4.69) is 413 Å². The summed E-state index contributed by atoms with van der Waals surface area (Å²) in [5, 5.41) is 15.7. The minimum atomic E-state index is -2.72. The molecule has 24 rings (SSSR count). The van der Waals surface area contributed by atoms with Gasteiger partial charge in [0.05, 0.1) is 45.5 Å². The molecule has 552 valence electrons. The summed E-state index contributed by atoms with van der Waals surface area (Å²) < 4.78 is 6.30. The number of hydrogen-bond acceptors (Lipinski definition) is 6. The molecule has 18 aromatic carbocycles. The molecule has 0 radical (unpaired) electrons. The quantitative estimate of drug-likeness (QED) is 0.121. The fourth-order valence-corrected chi connectivity index (χ4v) is 26.8. The molecule has 0 N–H and O–H groups in total. The summed E-state index contributed by atoms with van der Waals surface area (Å²) in [5.74, 6) is 1.72. The molecule has 5 heterocycles. The lowest BCUT2D eigenvalue weighted by atomic mass is 9.71. The number of hydrogen-bond donors (Lipinski definition) is 0. The molecular formula is C109H80N4OSSi. The number of anilines is 12. The van der Waals surface area contributed by atoms with Crippen LogP contribution in [0.1, 0.15) is 74.9 Å². The van der Waals surface area contributed by atoms with E-state index in [4.69, 9.17) is 4.74 Å². The summed E-state index contributed by atoms with van der Waals surface area (Å²) in [5.41, 5.74) is 27.2. The molecule has 0 atom stereocenters. The van der Waals surface area contributed by atoms with Gasteiger partial charge in [0, 0.05) is 48.8 Å². The molecule has 0 bridgehead atoms. The lowest BCUT2D eigenvalue weighted by molar-refractivity contribution is 0.477. The van der Waals surface area contributed by atoms with Crippen LogP contribution in [0, 0.1) is 0 Å². The molecule has 0 saturated carbocycles. The van der Waals surface area contributed by atoms with Gasteiger partial charge < -0.3 is 24.3 Å². The first kappa shape index (κ1) is 68.2. The molecule has 0 aromatic heterocycles. The van der Waals surface area contributed by atoms with Crippen molar-refractivity contribution in [1.82, 2.24) is 0 Å². The molecule has 0 spiro atoms. The van der Waals surface area contributed by atoms with Crippen molar-refractivity contribution < 1.29 is 4.74 Å². The van der Waals surface area contributed by atoms with Crippen LogP contribution in [-0.4, -0.2) is 8.07 Å². The van der Waals surface area contributed by atoms with Gasteiger partial charge in [-0.05, 0) is 265 Å². The molecule has 0 fully saturated rings. The Morgan fingerprint density at radius 2 is 0.638 bits per heavy atom. The smallest absolute Gasteiger partial charge is 0.180 e. The van der Waals surface area contributed by atoms with Gasteiger partial charge in [0.15, 0.2) is 19.6 Å². The highest BCUT2D eigenvalue weighted by molar-refractivity contribution is 7.99. The predicted octanol–water partition coefficient (Wildman–Crippen LogP) is 27.4. The number of benzene rings is 18. The summed E-state index contributed by atoms with van der Waals surface area (Å²) in [7, 11) is -2.72. The molecule has 5 aliphatic heterocycles. The summed E-state index contributed by atoms with van der Waals surface area (Å²) in [6, 6.07) is 140. The lowest BCUT2D eigenvalue weighted by Gasteiger charge is -2.43. The van der Waals surface area contributed by atoms with Crippen molar-refractivity contribution in [2.75, 3.05) is 19.6 Å². The maximum absolute atomic E-state index is 6.30. The van der Waals surface area contributed by atoms with Crippen molar-refractivity contribution >= 4 is 152 Å². The van der Waals surface area contributed by atoms with E-state index in [0.717, 1.165) is 34.2 Å². The Balaban J connectivity index is 0.000000139. The molecule has 116 heavy (non-hydrogen) atoms. The molecule has 7 heteroatoms. The van der Waals surface area contributed by atoms with E-state index in [-0.39, 0.29) is 16.2 Å². The van der Waals surface area contributed by atoms with E-state index in [1.807, 2.05) is 36.0 Å². The van der Waals surface area contributed by atoms with Gasteiger partial charge in [-0.3, -0.25) is 0 Å². The topological polar surface area (TPSA) is 22.2 Å². The van der Waals surface area contributed by atoms with Crippen molar-refractivity contribution in [2.24, 2.45) is 0 Å². The Kier molecular flexibility index (Phi) is 15.0. The van der Waals surface area contributed by atoms with Crippen LogP contribution < -0.4 is 45.1 Å². The number of nitrogens with zero attached hydrogens (tertiary/aromatic N) is 4. The monoisotopic (exact) mass is 1520 g/mol. The average molecular weight is 1520 g/mol. The minimum absolute atomic E-state index is 0.132. The SMILES string of the molecule is CC1(C)c2ccccc2N(c2ccc3cc(N4c5ccccc5Oc5ccccc54)ccc3c2)c2cc3c(cc21)-c1c(ccc2ccccc12)C3(C)C.CC1(C)c2ccccc2N(c2ccc3cc4cc(N5c6ccccc6Sc6ccccc65)ccc4cc3c2)c2cc3c(cc21)-c1ccccc1[Si]3(c1ccccc1)c1ccccc1. The number of fused-ring (bicyclic) bond motifs is 19. The van der Waals surface area contributed by atoms with Gasteiger partial charge in [-0.1, -0.05) is 284 Å². The lowest BCUT2D eigenvalue weighted by Crippen LogP contribution is -2.72. The third kappa shape index (κ3) is 10.0. The highest BCUT2D eigenvalue weighted by atomic mass is 32.2. The molecule has 5 nitrogen and oxygen atoms in total. The maximum Gasteiger partial charge on any atom is 0.180 e. The van der Waals surface area contributed by atoms with Gasteiger partial charge in [0.2, 0.25) is 0 Å². The van der Waals surface area contributed by atoms with Gasteiger partial charge in [-0.2, -0.15) is 0 Å². The van der Waals surface area contributed by atoms with Crippen molar-refractivity contribution in [1.29, 1.82) is 0 Å². The largest absolute Gasteiger partial charge is 0.453 e. The second-order valence-electron chi connectivity index (χ2n) is 33.5. The van der Waals surface area contributed by atoms with Gasteiger partial charge >= 0.3 is 0 Å². The van der Waals surface area contributed by atoms with E-state index in [1.165, 1.54) is 175 Å². The molecule has 0 saturated heterocycles. The molecule has 18 aromatic rings. The molecule has 0 amide bonds. The van der Waals surface area contributed by atoms with E-state index in [0.29, 0.717) is 0 Å². The van der Waals surface area contributed by atoms with E-state index in [9.17, 15) is 0 Å². The first-order valence-electron chi connectivity index (χ1n) is 40.5. The van der Waals surface area contributed by atoms with Gasteiger partial charge in [-0.25, -0.2) is 0 Å². The van der Waals surface area contributed by atoms with E-state index in [1.54, 1.807) is 0 Å². The Labute approximate surface area is 682 Å². The van der Waals surface area contributed by atoms with Crippen LogP contribution in [0.25, 0.3) is 65.3 Å². The first-order valence-corrected chi connectivity index (χ1v) is 43.3. The Morgan fingerprint density at radius 1 is 0.241 bits per heavy atom. The van der Waals surface area contributed by atoms with Crippen molar-refractivity contribution in [3.05, 3.63) is 409 Å². The summed E-state index contributed by atoms with van der Waals surface area (Å²) >= 11 is 1.85. The zero-order valence-electron chi connectivity index (χ0n) is 65.4. The van der Waals surface area contributed by atoms with Crippen molar-refractivity contribution in [3.63, 3.8) is 0 Å².